The van der Waals surface area contributed by atoms with Crippen LogP contribution in [0.2, 0.25) is 0 Å². The molecule has 0 unspecified atom stereocenters. The lowest BCUT2D eigenvalue weighted by molar-refractivity contribution is 0.454. The minimum Gasteiger partial charge on any atom is -0.492 e. The minimum absolute atomic E-state index is 0.109. The highest BCUT2D eigenvalue weighted by Gasteiger charge is 2.07. The van der Waals surface area contributed by atoms with Gasteiger partial charge in [-0.3, -0.25) is 0 Å². The molecule has 0 radical (unpaired) electrons. The Balaban J connectivity index is 2.14. The first-order chi connectivity index (χ1) is 8.69. The quantitative estimate of drug-likeness (QED) is 0.913. The highest BCUT2D eigenvalue weighted by atomic mass is 79.9. The summed E-state index contributed by atoms with van der Waals surface area (Å²) in [7, 11) is 0. The third-order valence-electron chi connectivity index (χ3n) is 2.87. The van der Waals surface area contributed by atoms with Gasteiger partial charge in [0.05, 0.1) is 6.20 Å². The second kappa shape index (κ2) is 6.05. The van der Waals surface area contributed by atoms with E-state index in [0.29, 0.717) is 0 Å². The molecule has 0 aliphatic rings. The molecule has 0 aliphatic heterocycles. The monoisotopic (exact) mass is 308 g/mol. The van der Waals surface area contributed by atoms with E-state index in [1.54, 1.807) is 6.20 Å². The summed E-state index contributed by atoms with van der Waals surface area (Å²) in [5, 5.41) is 9.52. The van der Waals surface area contributed by atoms with Gasteiger partial charge in [0.1, 0.15) is 5.82 Å². The number of aromatic hydroxyl groups is 1. The number of unbranched alkanes of at least 4 members (excludes halogenated alkanes) is 1. The van der Waals surface area contributed by atoms with Crippen LogP contribution < -0.4 is 0 Å². The van der Waals surface area contributed by atoms with Crippen molar-refractivity contribution in [1.29, 1.82) is 0 Å². The van der Waals surface area contributed by atoms with Crippen LogP contribution >= 0.6 is 15.9 Å². The van der Waals surface area contributed by atoms with Crippen molar-refractivity contribution in [3.05, 3.63) is 46.3 Å². The van der Waals surface area contributed by atoms with Crippen molar-refractivity contribution >= 4 is 15.9 Å². The second-order valence-corrected chi connectivity index (χ2v) is 5.29. The molecule has 1 N–H and O–H groups in total. The fraction of sp³-hybridized carbons (Fsp3) is 0.357. The third kappa shape index (κ3) is 3.35. The summed E-state index contributed by atoms with van der Waals surface area (Å²) in [6.07, 6.45) is 4.84. The van der Waals surface area contributed by atoms with E-state index >= 15 is 0 Å². The maximum Gasteiger partial charge on any atom is 0.229 e. The maximum atomic E-state index is 9.52. The molecule has 4 heteroatoms. The number of hydrogen-bond acceptors (Lipinski definition) is 2. The summed E-state index contributed by atoms with van der Waals surface area (Å²) in [5.74, 6) is 1.07. The van der Waals surface area contributed by atoms with Crippen LogP contribution in [0.15, 0.2) is 34.9 Å². The predicted molar refractivity (Wildman–Crippen MR) is 75.7 cm³/mol. The van der Waals surface area contributed by atoms with E-state index in [1.807, 2.05) is 16.7 Å². The molecular formula is C14H17BrN2O. The third-order valence-corrected chi connectivity index (χ3v) is 3.40. The molecule has 0 spiro atoms. The molecule has 96 valence electrons. The predicted octanol–water partition coefficient (Wildman–Crippen LogP) is 3.74. The Morgan fingerprint density at radius 2 is 2.00 bits per heavy atom. The number of halogens is 1. The van der Waals surface area contributed by atoms with E-state index in [4.69, 9.17) is 0 Å². The molecular weight excluding hydrogens is 292 g/mol. The van der Waals surface area contributed by atoms with Gasteiger partial charge in [0.2, 0.25) is 5.88 Å². The lowest BCUT2D eigenvalue weighted by atomic mass is 10.2. The van der Waals surface area contributed by atoms with Crippen LogP contribution in [0, 0.1) is 0 Å². The first-order valence-corrected chi connectivity index (χ1v) is 6.98. The first-order valence-electron chi connectivity index (χ1n) is 6.18. The Bertz CT molecular complexity index is 505. The topological polar surface area (TPSA) is 38.1 Å². The summed E-state index contributed by atoms with van der Waals surface area (Å²) in [6, 6.07) is 8.20. The number of imidazole rings is 1. The van der Waals surface area contributed by atoms with E-state index in [0.717, 1.165) is 36.1 Å². The SMILES string of the molecule is CCCCc1nc(O)cn1Cc1ccc(Br)cc1. The van der Waals surface area contributed by atoms with Crippen molar-refractivity contribution in [3.8, 4) is 5.88 Å². The normalized spacial score (nSPS) is 10.8. The molecule has 18 heavy (non-hydrogen) atoms. The Morgan fingerprint density at radius 3 is 2.67 bits per heavy atom. The van der Waals surface area contributed by atoms with Gasteiger partial charge in [0.15, 0.2) is 0 Å². The number of aromatic nitrogens is 2. The molecule has 2 aromatic rings. The van der Waals surface area contributed by atoms with Crippen molar-refractivity contribution in [1.82, 2.24) is 9.55 Å². The standard InChI is InChI=1S/C14H17BrN2O/c1-2-3-4-13-16-14(18)10-17(13)9-11-5-7-12(15)8-6-11/h5-8,10,18H,2-4,9H2,1H3. The first kappa shape index (κ1) is 13.1. The van der Waals surface area contributed by atoms with Crippen LogP contribution in [0.25, 0.3) is 0 Å². The lowest BCUT2D eigenvalue weighted by Crippen LogP contribution is -2.04. The molecule has 2 rings (SSSR count). The molecule has 3 nitrogen and oxygen atoms in total. The molecule has 0 amide bonds. The van der Waals surface area contributed by atoms with Crippen LogP contribution in [0.4, 0.5) is 0 Å². The van der Waals surface area contributed by atoms with E-state index < -0.39 is 0 Å². The number of aryl methyl sites for hydroxylation is 1. The highest BCUT2D eigenvalue weighted by Crippen LogP contribution is 2.16. The van der Waals surface area contributed by atoms with Crippen LogP contribution in [0.1, 0.15) is 31.2 Å². The molecule has 1 aromatic carbocycles. The van der Waals surface area contributed by atoms with Crippen molar-refractivity contribution in [2.24, 2.45) is 0 Å². The Kier molecular flexibility index (Phi) is 4.42. The van der Waals surface area contributed by atoms with Gasteiger partial charge in [-0.1, -0.05) is 41.4 Å². The maximum absolute atomic E-state index is 9.52. The Hall–Kier alpha value is -1.29. The summed E-state index contributed by atoms with van der Waals surface area (Å²) < 4.78 is 3.10. The smallest absolute Gasteiger partial charge is 0.229 e. The average molecular weight is 309 g/mol. The van der Waals surface area contributed by atoms with E-state index in [-0.39, 0.29) is 5.88 Å². The van der Waals surface area contributed by atoms with Gasteiger partial charge in [-0.15, -0.1) is 0 Å². The molecule has 1 heterocycles. The largest absolute Gasteiger partial charge is 0.492 e. The lowest BCUT2D eigenvalue weighted by Gasteiger charge is -2.07. The fourth-order valence-electron chi connectivity index (χ4n) is 1.90. The van der Waals surface area contributed by atoms with Gasteiger partial charge < -0.3 is 9.67 Å². The molecule has 0 saturated heterocycles. The van der Waals surface area contributed by atoms with Crippen LogP contribution in [0.3, 0.4) is 0 Å². The van der Waals surface area contributed by atoms with Gasteiger partial charge in [0, 0.05) is 17.4 Å². The van der Waals surface area contributed by atoms with Crippen molar-refractivity contribution < 1.29 is 5.11 Å². The molecule has 0 aliphatic carbocycles. The van der Waals surface area contributed by atoms with Gasteiger partial charge in [-0.2, -0.15) is 4.98 Å². The number of hydrogen-bond donors (Lipinski definition) is 1. The molecule has 0 saturated carbocycles. The number of benzene rings is 1. The van der Waals surface area contributed by atoms with E-state index in [2.05, 4.69) is 40.0 Å². The molecule has 0 bridgehead atoms. The van der Waals surface area contributed by atoms with E-state index in [9.17, 15) is 5.11 Å². The average Bonchev–Trinajstić information content (AvgIpc) is 2.70. The number of nitrogens with zero attached hydrogens (tertiary/aromatic N) is 2. The highest BCUT2D eigenvalue weighted by molar-refractivity contribution is 9.10. The number of rotatable bonds is 5. The summed E-state index contributed by atoms with van der Waals surface area (Å²) in [5.41, 5.74) is 1.20. The Labute approximate surface area is 116 Å². The molecule has 0 atom stereocenters. The van der Waals surface area contributed by atoms with Gasteiger partial charge in [-0.25, -0.2) is 0 Å². The zero-order valence-electron chi connectivity index (χ0n) is 10.4. The Morgan fingerprint density at radius 1 is 1.28 bits per heavy atom. The molecule has 0 fully saturated rings. The minimum atomic E-state index is 0.109. The van der Waals surface area contributed by atoms with Crippen molar-refractivity contribution in [2.45, 2.75) is 32.7 Å². The van der Waals surface area contributed by atoms with Gasteiger partial charge >= 0.3 is 0 Å². The van der Waals surface area contributed by atoms with Crippen molar-refractivity contribution in [3.63, 3.8) is 0 Å². The summed E-state index contributed by atoms with van der Waals surface area (Å²) in [4.78, 5) is 4.17. The summed E-state index contributed by atoms with van der Waals surface area (Å²) in [6.45, 7) is 2.90. The fourth-order valence-corrected chi connectivity index (χ4v) is 2.16. The van der Waals surface area contributed by atoms with Crippen LogP contribution in [-0.4, -0.2) is 14.7 Å². The van der Waals surface area contributed by atoms with E-state index in [1.165, 1.54) is 5.56 Å². The second-order valence-electron chi connectivity index (χ2n) is 4.37. The van der Waals surface area contributed by atoms with Crippen LogP contribution in [0.5, 0.6) is 5.88 Å². The van der Waals surface area contributed by atoms with Gasteiger partial charge in [-0.05, 0) is 24.1 Å². The van der Waals surface area contributed by atoms with Crippen LogP contribution in [-0.2, 0) is 13.0 Å². The van der Waals surface area contributed by atoms with Gasteiger partial charge in [0.25, 0.3) is 0 Å². The summed E-state index contributed by atoms with van der Waals surface area (Å²) >= 11 is 3.42. The van der Waals surface area contributed by atoms with Crippen molar-refractivity contribution in [2.75, 3.05) is 0 Å². The zero-order valence-corrected chi connectivity index (χ0v) is 12.0. The molecule has 1 aromatic heterocycles. The zero-order chi connectivity index (χ0) is 13.0.